The first kappa shape index (κ1) is 12.8. The number of aryl methyl sites for hydroxylation is 1. The van der Waals surface area contributed by atoms with Crippen LogP contribution >= 0.6 is 0 Å². The zero-order valence-corrected chi connectivity index (χ0v) is 9.87. The molecule has 0 spiro atoms. The summed E-state index contributed by atoms with van der Waals surface area (Å²) >= 11 is 0. The van der Waals surface area contributed by atoms with Crippen molar-refractivity contribution in [3.05, 3.63) is 23.7 Å². The maximum Gasteiger partial charge on any atom is 0.371 e. The van der Waals surface area contributed by atoms with Crippen molar-refractivity contribution in [3.63, 3.8) is 0 Å². The van der Waals surface area contributed by atoms with Gasteiger partial charge in [0.2, 0.25) is 5.76 Å². The van der Waals surface area contributed by atoms with Crippen molar-refractivity contribution >= 4 is 5.97 Å². The first-order valence-electron chi connectivity index (χ1n) is 6.06. The van der Waals surface area contributed by atoms with Crippen LogP contribution in [0.5, 0.6) is 0 Å². The molecule has 0 amide bonds. The highest BCUT2D eigenvalue weighted by Crippen LogP contribution is 2.13. The molecule has 1 aromatic rings. The third-order valence-corrected chi connectivity index (χ3v) is 2.65. The molecule has 90 valence electrons. The molecule has 3 nitrogen and oxygen atoms in total. The van der Waals surface area contributed by atoms with Crippen LogP contribution in [-0.2, 0) is 6.42 Å². The summed E-state index contributed by atoms with van der Waals surface area (Å²) in [6.07, 6.45) is 8.26. The maximum atomic E-state index is 10.6. The summed E-state index contributed by atoms with van der Waals surface area (Å²) < 4.78 is 5.17. The Labute approximate surface area is 96.5 Å². The van der Waals surface area contributed by atoms with Crippen LogP contribution in [0.4, 0.5) is 0 Å². The molecule has 0 aliphatic carbocycles. The third-order valence-electron chi connectivity index (χ3n) is 2.65. The Balaban J connectivity index is 2.14. The number of hydrogen-bond acceptors (Lipinski definition) is 2. The van der Waals surface area contributed by atoms with E-state index >= 15 is 0 Å². The average Bonchev–Trinajstić information content (AvgIpc) is 2.72. The molecule has 1 rings (SSSR count). The molecule has 0 aliphatic rings. The van der Waals surface area contributed by atoms with Crippen LogP contribution in [0.25, 0.3) is 0 Å². The first-order valence-corrected chi connectivity index (χ1v) is 6.06. The highest BCUT2D eigenvalue weighted by molar-refractivity contribution is 5.84. The standard InChI is InChI=1S/C13H20O3/c1-2-3-4-5-6-7-8-11-9-10-12(16-11)13(14)15/h9-10H,2-8H2,1H3,(H,14,15). The van der Waals surface area contributed by atoms with Gasteiger partial charge in [0.05, 0.1) is 0 Å². The van der Waals surface area contributed by atoms with Gasteiger partial charge in [-0.1, -0.05) is 39.0 Å². The highest BCUT2D eigenvalue weighted by Gasteiger charge is 2.08. The number of furan rings is 1. The zero-order valence-electron chi connectivity index (χ0n) is 9.87. The molecule has 3 heteroatoms. The largest absolute Gasteiger partial charge is 0.475 e. The van der Waals surface area contributed by atoms with Crippen molar-refractivity contribution in [2.45, 2.75) is 51.9 Å². The molecular formula is C13H20O3. The van der Waals surface area contributed by atoms with E-state index < -0.39 is 5.97 Å². The van der Waals surface area contributed by atoms with Crippen LogP contribution < -0.4 is 0 Å². The fraction of sp³-hybridized carbons (Fsp3) is 0.615. The number of unbranched alkanes of at least 4 members (excludes halogenated alkanes) is 5. The molecule has 0 fully saturated rings. The van der Waals surface area contributed by atoms with E-state index in [1.165, 1.54) is 38.2 Å². The Bertz CT molecular complexity index is 315. The second-order valence-corrected chi connectivity index (χ2v) is 4.09. The zero-order chi connectivity index (χ0) is 11.8. The Morgan fingerprint density at radius 1 is 1.19 bits per heavy atom. The topological polar surface area (TPSA) is 50.4 Å². The van der Waals surface area contributed by atoms with Gasteiger partial charge in [-0.15, -0.1) is 0 Å². The van der Waals surface area contributed by atoms with Gasteiger partial charge in [0, 0.05) is 6.42 Å². The van der Waals surface area contributed by atoms with Crippen molar-refractivity contribution < 1.29 is 14.3 Å². The second-order valence-electron chi connectivity index (χ2n) is 4.09. The van der Waals surface area contributed by atoms with Crippen LogP contribution in [0, 0.1) is 0 Å². The smallest absolute Gasteiger partial charge is 0.371 e. The summed E-state index contributed by atoms with van der Waals surface area (Å²) in [5.41, 5.74) is 0. The summed E-state index contributed by atoms with van der Waals surface area (Å²) in [6, 6.07) is 3.28. The molecule has 1 heterocycles. The summed E-state index contributed by atoms with van der Waals surface area (Å²) in [4.78, 5) is 10.6. The van der Waals surface area contributed by atoms with Crippen molar-refractivity contribution in [2.75, 3.05) is 0 Å². The van der Waals surface area contributed by atoms with Crippen LogP contribution in [0.1, 0.15) is 61.8 Å². The molecule has 0 unspecified atom stereocenters. The molecule has 0 saturated heterocycles. The Kier molecular flexibility index (Phi) is 5.68. The van der Waals surface area contributed by atoms with Gasteiger partial charge in [0.15, 0.2) is 0 Å². The lowest BCUT2D eigenvalue weighted by atomic mass is 10.1. The summed E-state index contributed by atoms with van der Waals surface area (Å²) in [7, 11) is 0. The predicted octanol–water partition coefficient (Wildman–Crippen LogP) is 3.88. The highest BCUT2D eigenvalue weighted by atomic mass is 16.4. The number of carboxylic acid groups (broad SMARTS) is 1. The molecule has 0 aromatic carbocycles. The van der Waals surface area contributed by atoms with E-state index in [1.807, 2.05) is 0 Å². The van der Waals surface area contributed by atoms with Crippen molar-refractivity contribution in [1.82, 2.24) is 0 Å². The second kappa shape index (κ2) is 7.09. The molecule has 0 aliphatic heterocycles. The summed E-state index contributed by atoms with van der Waals surface area (Å²) in [6.45, 7) is 2.20. The number of carboxylic acids is 1. The Morgan fingerprint density at radius 2 is 1.88 bits per heavy atom. The van der Waals surface area contributed by atoms with Gasteiger partial charge in [-0.2, -0.15) is 0 Å². The van der Waals surface area contributed by atoms with Gasteiger partial charge >= 0.3 is 5.97 Å². The Hall–Kier alpha value is -1.25. The Morgan fingerprint density at radius 3 is 2.50 bits per heavy atom. The number of aromatic carboxylic acids is 1. The minimum Gasteiger partial charge on any atom is -0.475 e. The number of carbonyl (C=O) groups is 1. The lowest BCUT2D eigenvalue weighted by molar-refractivity contribution is 0.0660. The van der Waals surface area contributed by atoms with Crippen LogP contribution in [0.3, 0.4) is 0 Å². The van der Waals surface area contributed by atoms with Gasteiger partial charge in [-0.25, -0.2) is 4.79 Å². The van der Waals surface area contributed by atoms with Gasteiger partial charge < -0.3 is 9.52 Å². The fourth-order valence-corrected chi connectivity index (χ4v) is 1.71. The van der Waals surface area contributed by atoms with E-state index in [4.69, 9.17) is 9.52 Å². The van der Waals surface area contributed by atoms with Crippen LogP contribution in [-0.4, -0.2) is 11.1 Å². The molecule has 1 aromatic heterocycles. The lowest BCUT2D eigenvalue weighted by Gasteiger charge is -1.98. The SMILES string of the molecule is CCCCCCCCc1ccc(C(=O)O)o1. The van der Waals surface area contributed by atoms with Gasteiger partial charge in [-0.3, -0.25) is 0 Å². The van der Waals surface area contributed by atoms with E-state index in [0.29, 0.717) is 0 Å². The van der Waals surface area contributed by atoms with Crippen molar-refractivity contribution in [1.29, 1.82) is 0 Å². The quantitative estimate of drug-likeness (QED) is 0.682. The van der Waals surface area contributed by atoms with Gasteiger partial charge in [0.25, 0.3) is 0 Å². The van der Waals surface area contributed by atoms with E-state index in [2.05, 4.69) is 6.92 Å². The molecule has 1 N–H and O–H groups in total. The number of rotatable bonds is 8. The van der Waals surface area contributed by atoms with Gasteiger partial charge in [0.1, 0.15) is 5.76 Å². The van der Waals surface area contributed by atoms with Crippen molar-refractivity contribution in [3.8, 4) is 0 Å². The third kappa shape index (κ3) is 4.51. The first-order chi connectivity index (χ1) is 7.74. The lowest BCUT2D eigenvalue weighted by Crippen LogP contribution is -1.92. The van der Waals surface area contributed by atoms with Crippen molar-refractivity contribution in [2.24, 2.45) is 0 Å². The number of hydrogen-bond donors (Lipinski definition) is 1. The van der Waals surface area contributed by atoms with Crippen LogP contribution in [0.2, 0.25) is 0 Å². The molecule has 16 heavy (non-hydrogen) atoms. The van der Waals surface area contributed by atoms with E-state index in [9.17, 15) is 4.79 Å². The van der Waals surface area contributed by atoms with Gasteiger partial charge in [-0.05, 0) is 18.6 Å². The normalized spacial score (nSPS) is 10.6. The minimum atomic E-state index is -0.991. The molecule has 0 bridgehead atoms. The molecule has 0 atom stereocenters. The maximum absolute atomic E-state index is 10.6. The van der Waals surface area contributed by atoms with E-state index in [0.717, 1.165) is 18.6 Å². The fourth-order valence-electron chi connectivity index (χ4n) is 1.71. The molecular weight excluding hydrogens is 204 g/mol. The molecule has 0 saturated carbocycles. The predicted molar refractivity (Wildman–Crippen MR) is 62.7 cm³/mol. The van der Waals surface area contributed by atoms with E-state index in [-0.39, 0.29) is 5.76 Å². The van der Waals surface area contributed by atoms with E-state index in [1.54, 1.807) is 6.07 Å². The van der Waals surface area contributed by atoms with Crippen LogP contribution in [0.15, 0.2) is 16.5 Å². The molecule has 0 radical (unpaired) electrons. The monoisotopic (exact) mass is 224 g/mol. The average molecular weight is 224 g/mol. The summed E-state index contributed by atoms with van der Waals surface area (Å²) in [5.74, 6) is -0.164. The summed E-state index contributed by atoms with van der Waals surface area (Å²) in [5, 5.41) is 8.67. The minimum absolute atomic E-state index is 0.0426.